The highest BCUT2D eigenvalue weighted by Gasteiger charge is 2.37. The number of alkyl halides is 1. The van der Waals surface area contributed by atoms with Crippen LogP contribution in [0.4, 0.5) is 0 Å². The lowest BCUT2D eigenvalue weighted by atomic mass is 9.95. The molecular formula is C16H21ClIN3. The van der Waals surface area contributed by atoms with E-state index in [4.69, 9.17) is 16.6 Å². The van der Waals surface area contributed by atoms with Gasteiger partial charge in [-0.2, -0.15) is 0 Å². The third kappa shape index (κ3) is 2.82. The zero-order chi connectivity index (χ0) is 15.0. The highest BCUT2D eigenvalue weighted by atomic mass is 127. The number of nitrogens with zero attached hydrogens (tertiary/aromatic N) is 3. The molecular weight excluding hydrogens is 397 g/mol. The standard InChI is InChI=1S/C16H21ClIN3/c1-20(2)16(7-3-4-8-16)11-21-14-6-5-12(18)9-13(14)19-15(21)10-17/h5-6,9H,3-4,7-8,10-11H2,1-2H3. The van der Waals surface area contributed by atoms with Crippen LogP contribution in [0.2, 0.25) is 0 Å². The number of hydrogen-bond acceptors (Lipinski definition) is 2. The van der Waals surface area contributed by atoms with E-state index in [1.54, 1.807) is 0 Å². The molecule has 0 N–H and O–H groups in total. The molecule has 0 saturated heterocycles. The minimum absolute atomic E-state index is 0.247. The summed E-state index contributed by atoms with van der Waals surface area (Å²) >= 11 is 8.49. The third-order valence-corrected chi connectivity index (χ3v) is 5.75. The van der Waals surface area contributed by atoms with E-state index in [1.165, 1.54) is 34.8 Å². The van der Waals surface area contributed by atoms with E-state index in [9.17, 15) is 0 Å². The van der Waals surface area contributed by atoms with E-state index < -0.39 is 0 Å². The molecule has 1 saturated carbocycles. The lowest BCUT2D eigenvalue weighted by Gasteiger charge is -2.37. The van der Waals surface area contributed by atoms with Gasteiger partial charge in [0.25, 0.3) is 0 Å². The van der Waals surface area contributed by atoms with Crippen molar-refractivity contribution >= 4 is 45.2 Å². The van der Waals surface area contributed by atoms with Gasteiger partial charge < -0.3 is 9.47 Å². The van der Waals surface area contributed by atoms with Crippen LogP contribution >= 0.6 is 34.2 Å². The second kappa shape index (κ2) is 6.05. The Bertz CT molecular complexity index is 644. The summed E-state index contributed by atoms with van der Waals surface area (Å²) < 4.78 is 3.55. The van der Waals surface area contributed by atoms with Crippen LogP contribution in [0.3, 0.4) is 0 Å². The molecule has 21 heavy (non-hydrogen) atoms. The first kappa shape index (κ1) is 15.6. The molecule has 1 aromatic carbocycles. The summed E-state index contributed by atoms with van der Waals surface area (Å²) in [4.78, 5) is 7.13. The van der Waals surface area contributed by atoms with Crippen molar-refractivity contribution < 1.29 is 0 Å². The Morgan fingerprint density at radius 3 is 2.67 bits per heavy atom. The van der Waals surface area contributed by atoms with Gasteiger partial charge in [-0.3, -0.25) is 0 Å². The van der Waals surface area contributed by atoms with Crippen molar-refractivity contribution in [2.24, 2.45) is 0 Å². The second-order valence-electron chi connectivity index (χ2n) is 6.21. The van der Waals surface area contributed by atoms with E-state index in [1.807, 2.05) is 0 Å². The average molecular weight is 418 g/mol. The monoisotopic (exact) mass is 417 g/mol. The summed E-state index contributed by atoms with van der Waals surface area (Å²) in [6, 6.07) is 6.47. The maximum absolute atomic E-state index is 6.15. The quantitative estimate of drug-likeness (QED) is 0.548. The maximum atomic E-state index is 6.15. The number of rotatable bonds is 4. The van der Waals surface area contributed by atoms with Crippen LogP contribution < -0.4 is 0 Å². The van der Waals surface area contributed by atoms with Crippen molar-refractivity contribution in [1.82, 2.24) is 14.5 Å². The summed E-state index contributed by atoms with van der Waals surface area (Å²) in [7, 11) is 4.40. The molecule has 1 aromatic heterocycles. The van der Waals surface area contributed by atoms with Gasteiger partial charge in [-0.1, -0.05) is 12.8 Å². The minimum atomic E-state index is 0.247. The molecule has 0 radical (unpaired) electrons. The highest BCUT2D eigenvalue weighted by Crippen LogP contribution is 2.36. The molecule has 1 fully saturated rings. The van der Waals surface area contributed by atoms with Gasteiger partial charge in [-0.15, -0.1) is 11.6 Å². The predicted octanol–water partition coefficient (Wildman–Crippen LogP) is 4.25. The Morgan fingerprint density at radius 2 is 2.05 bits per heavy atom. The molecule has 0 amide bonds. The van der Waals surface area contributed by atoms with Crippen molar-refractivity contribution in [2.45, 2.75) is 43.6 Å². The van der Waals surface area contributed by atoms with Crippen LogP contribution in [0.25, 0.3) is 11.0 Å². The Labute approximate surface area is 144 Å². The Hall–Kier alpha value is -0.330. The summed E-state index contributed by atoms with van der Waals surface area (Å²) in [6.45, 7) is 0.985. The van der Waals surface area contributed by atoms with Gasteiger partial charge in [0, 0.05) is 15.7 Å². The van der Waals surface area contributed by atoms with E-state index >= 15 is 0 Å². The Kier molecular flexibility index (Phi) is 4.48. The molecule has 1 aliphatic rings. The summed E-state index contributed by atoms with van der Waals surface area (Å²) in [5.74, 6) is 1.45. The van der Waals surface area contributed by atoms with Crippen LogP contribution in [0.15, 0.2) is 18.2 Å². The largest absolute Gasteiger partial charge is 0.325 e. The Morgan fingerprint density at radius 1 is 1.33 bits per heavy atom. The zero-order valence-corrected chi connectivity index (χ0v) is 15.5. The first-order chi connectivity index (χ1) is 10.1. The fourth-order valence-electron chi connectivity index (χ4n) is 3.51. The van der Waals surface area contributed by atoms with Crippen LogP contribution in [0.1, 0.15) is 31.5 Å². The number of benzene rings is 1. The van der Waals surface area contributed by atoms with Gasteiger partial charge >= 0.3 is 0 Å². The number of imidazole rings is 1. The zero-order valence-electron chi connectivity index (χ0n) is 12.6. The van der Waals surface area contributed by atoms with Crippen molar-refractivity contribution in [1.29, 1.82) is 0 Å². The van der Waals surface area contributed by atoms with Crippen molar-refractivity contribution in [3.63, 3.8) is 0 Å². The molecule has 114 valence electrons. The van der Waals surface area contributed by atoms with Crippen LogP contribution in [-0.4, -0.2) is 34.1 Å². The third-order valence-electron chi connectivity index (χ3n) is 4.84. The number of aromatic nitrogens is 2. The van der Waals surface area contributed by atoms with Crippen molar-refractivity contribution in [3.05, 3.63) is 27.6 Å². The summed E-state index contributed by atoms with van der Waals surface area (Å²) in [5.41, 5.74) is 2.51. The Balaban J connectivity index is 2.06. The molecule has 3 nitrogen and oxygen atoms in total. The van der Waals surface area contributed by atoms with E-state index in [0.29, 0.717) is 5.88 Å². The van der Waals surface area contributed by atoms with E-state index in [2.05, 4.69) is 64.4 Å². The van der Waals surface area contributed by atoms with E-state index in [-0.39, 0.29) is 5.54 Å². The number of hydrogen-bond donors (Lipinski definition) is 0. The van der Waals surface area contributed by atoms with Gasteiger partial charge in [0.2, 0.25) is 0 Å². The predicted molar refractivity (Wildman–Crippen MR) is 96.9 cm³/mol. The van der Waals surface area contributed by atoms with Crippen LogP contribution in [-0.2, 0) is 12.4 Å². The smallest absolute Gasteiger partial charge is 0.124 e. The van der Waals surface area contributed by atoms with Gasteiger partial charge in [0.15, 0.2) is 0 Å². The molecule has 5 heteroatoms. The van der Waals surface area contributed by atoms with Crippen LogP contribution in [0, 0.1) is 3.57 Å². The van der Waals surface area contributed by atoms with Crippen LogP contribution in [0.5, 0.6) is 0 Å². The first-order valence-electron chi connectivity index (χ1n) is 7.44. The van der Waals surface area contributed by atoms with Gasteiger partial charge in [-0.25, -0.2) is 4.98 Å². The number of halogens is 2. The lowest BCUT2D eigenvalue weighted by Crippen LogP contribution is -2.45. The highest BCUT2D eigenvalue weighted by molar-refractivity contribution is 14.1. The van der Waals surface area contributed by atoms with Gasteiger partial charge in [0.05, 0.1) is 16.9 Å². The van der Waals surface area contributed by atoms with E-state index in [0.717, 1.165) is 17.9 Å². The van der Waals surface area contributed by atoms with Gasteiger partial charge in [0.1, 0.15) is 5.82 Å². The molecule has 0 spiro atoms. The maximum Gasteiger partial charge on any atom is 0.124 e. The SMILES string of the molecule is CN(C)C1(Cn2c(CCl)nc3cc(I)ccc32)CCCC1. The minimum Gasteiger partial charge on any atom is -0.325 e. The topological polar surface area (TPSA) is 21.1 Å². The normalized spacial score (nSPS) is 18.0. The lowest BCUT2D eigenvalue weighted by molar-refractivity contribution is 0.134. The van der Waals surface area contributed by atoms with Crippen molar-refractivity contribution in [3.8, 4) is 0 Å². The summed E-state index contributed by atoms with van der Waals surface area (Å²) in [6.07, 6.45) is 5.15. The molecule has 2 aromatic rings. The number of fused-ring (bicyclic) bond motifs is 1. The summed E-state index contributed by atoms with van der Waals surface area (Å²) in [5, 5.41) is 0. The van der Waals surface area contributed by atoms with Gasteiger partial charge in [-0.05, 0) is 67.7 Å². The molecule has 0 bridgehead atoms. The molecule has 0 aliphatic heterocycles. The molecule has 1 heterocycles. The fourth-order valence-corrected chi connectivity index (χ4v) is 4.18. The molecule has 0 unspecified atom stereocenters. The van der Waals surface area contributed by atoms with Crippen molar-refractivity contribution in [2.75, 3.05) is 14.1 Å². The molecule has 3 rings (SSSR count). The fraction of sp³-hybridized carbons (Fsp3) is 0.562. The number of likely N-dealkylation sites (N-methyl/N-ethyl adjacent to an activating group) is 1. The first-order valence-corrected chi connectivity index (χ1v) is 9.05. The second-order valence-corrected chi connectivity index (χ2v) is 7.72. The average Bonchev–Trinajstić information content (AvgIpc) is 3.05. The molecule has 1 aliphatic carbocycles. The molecule has 0 atom stereocenters.